The van der Waals surface area contributed by atoms with Crippen LogP contribution in [0.15, 0.2) is 87.2 Å². The number of nitrogens with zero attached hydrogens (tertiary/aromatic N) is 1. The van der Waals surface area contributed by atoms with Gasteiger partial charge in [0.2, 0.25) is 15.6 Å². The Balaban J connectivity index is 1.30. The average Bonchev–Trinajstić information content (AvgIpc) is 3.02. The number of ether oxygens (including phenoxy) is 1. The van der Waals surface area contributed by atoms with Crippen LogP contribution in [0, 0.1) is 6.92 Å². The summed E-state index contributed by atoms with van der Waals surface area (Å²) < 4.78 is 41.8. The standard InChI is InChI=1S/C34H37N3O5S/c1-3-24-21-31(41-30-22-29-26(20-28(24)30)16-19-34(42-29)17-8-5-9-18-34)35-36-33(38)32(25-10-6-4-7-11-25)37-43(39,40)27-14-12-23(2)13-15-27/h4,6-7,10-15,20-22,32,37H,3,5,8-9,16-19H2,1-2H3,(H,36,38)/b35-31+/t32-/m0/s1. The van der Waals surface area contributed by atoms with E-state index in [2.05, 4.69) is 28.2 Å². The molecule has 1 spiro atoms. The summed E-state index contributed by atoms with van der Waals surface area (Å²) in [7, 11) is -4.00. The van der Waals surface area contributed by atoms with Crippen molar-refractivity contribution in [2.75, 3.05) is 0 Å². The third-order valence-corrected chi connectivity index (χ3v) is 10.1. The van der Waals surface area contributed by atoms with Crippen LogP contribution < -0.4 is 20.4 Å². The average molecular weight is 600 g/mol. The molecule has 1 aromatic heterocycles. The molecule has 0 bridgehead atoms. The van der Waals surface area contributed by atoms with Gasteiger partial charge in [0.25, 0.3) is 5.91 Å². The number of hydrogen-bond acceptors (Lipinski definition) is 6. The molecule has 1 atom stereocenters. The van der Waals surface area contributed by atoms with E-state index in [-0.39, 0.29) is 16.1 Å². The van der Waals surface area contributed by atoms with Crippen molar-refractivity contribution in [2.45, 2.75) is 81.8 Å². The van der Waals surface area contributed by atoms with Crippen LogP contribution in [-0.4, -0.2) is 19.9 Å². The van der Waals surface area contributed by atoms with Crippen LogP contribution >= 0.6 is 0 Å². The molecule has 6 rings (SSSR count). The third kappa shape index (κ3) is 6.24. The van der Waals surface area contributed by atoms with Gasteiger partial charge in [0, 0.05) is 17.5 Å². The van der Waals surface area contributed by atoms with Gasteiger partial charge in [-0.2, -0.15) is 4.72 Å². The molecule has 4 aromatic rings. The molecule has 2 aliphatic rings. The predicted molar refractivity (Wildman–Crippen MR) is 165 cm³/mol. The fourth-order valence-electron chi connectivity index (χ4n) is 6.18. The number of carbonyl (C=O) groups is 1. The monoisotopic (exact) mass is 599 g/mol. The van der Waals surface area contributed by atoms with E-state index in [1.165, 1.54) is 37.0 Å². The summed E-state index contributed by atoms with van der Waals surface area (Å²) in [5.74, 6) is 0.227. The molecule has 1 aliphatic heterocycles. The number of nitrogens with one attached hydrogen (secondary N) is 2. The second-order valence-corrected chi connectivity index (χ2v) is 13.3. The minimum atomic E-state index is -4.00. The molecule has 1 amide bonds. The van der Waals surface area contributed by atoms with Crippen LogP contribution in [0.3, 0.4) is 0 Å². The molecule has 8 nitrogen and oxygen atoms in total. The van der Waals surface area contributed by atoms with E-state index in [9.17, 15) is 13.2 Å². The van der Waals surface area contributed by atoms with E-state index in [0.29, 0.717) is 11.1 Å². The fourth-order valence-corrected chi connectivity index (χ4v) is 7.36. The van der Waals surface area contributed by atoms with Crippen molar-refractivity contribution in [1.29, 1.82) is 0 Å². The van der Waals surface area contributed by atoms with Crippen LogP contribution in [0.4, 0.5) is 0 Å². The van der Waals surface area contributed by atoms with Crippen LogP contribution in [0.5, 0.6) is 5.75 Å². The SMILES string of the molecule is CCc1c/c(=N\NC(=O)[C@@H](NS(=O)(=O)c2ccc(C)cc2)c2ccccc2)oc2cc3c(cc12)CCC1(CCCCC1)O3. The van der Waals surface area contributed by atoms with Gasteiger partial charge in [-0.1, -0.05) is 61.4 Å². The Bertz CT molecular complexity index is 1810. The van der Waals surface area contributed by atoms with Gasteiger partial charge in [0.05, 0.1) is 4.90 Å². The molecular formula is C34H37N3O5S. The number of carbonyl (C=O) groups excluding carboxylic acids is 1. The van der Waals surface area contributed by atoms with E-state index < -0.39 is 22.0 Å². The predicted octanol–water partition coefficient (Wildman–Crippen LogP) is 5.98. The van der Waals surface area contributed by atoms with Gasteiger partial charge in [-0.15, -0.1) is 5.10 Å². The Labute approximate surface area is 252 Å². The molecule has 3 aromatic carbocycles. The molecule has 43 heavy (non-hydrogen) atoms. The summed E-state index contributed by atoms with van der Waals surface area (Å²) >= 11 is 0. The molecular weight excluding hydrogens is 562 g/mol. The van der Waals surface area contributed by atoms with Gasteiger partial charge in [0.1, 0.15) is 23.0 Å². The van der Waals surface area contributed by atoms with Crippen molar-refractivity contribution in [3.63, 3.8) is 0 Å². The van der Waals surface area contributed by atoms with Crippen LogP contribution in [-0.2, 0) is 27.7 Å². The summed E-state index contributed by atoms with van der Waals surface area (Å²) in [6.07, 6.45) is 8.59. The summed E-state index contributed by atoms with van der Waals surface area (Å²) in [4.78, 5) is 13.5. The minimum Gasteiger partial charge on any atom is -0.487 e. The first-order chi connectivity index (χ1) is 20.7. The number of fused-ring (bicyclic) bond motifs is 2. The molecule has 0 radical (unpaired) electrons. The van der Waals surface area contributed by atoms with Gasteiger partial charge in [0.15, 0.2) is 0 Å². The maximum atomic E-state index is 13.5. The highest BCUT2D eigenvalue weighted by Gasteiger charge is 2.37. The van der Waals surface area contributed by atoms with E-state index in [4.69, 9.17) is 9.15 Å². The Morgan fingerprint density at radius 3 is 2.44 bits per heavy atom. The summed E-state index contributed by atoms with van der Waals surface area (Å²) in [6, 6.07) is 19.9. The largest absolute Gasteiger partial charge is 0.487 e. The maximum Gasteiger partial charge on any atom is 0.262 e. The number of benzene rings is 3. The molecule has 0 unspecified atom stereocenters. The molecule has 224 valence electrons. The van der Waals surface area contributed by atoms with E-state index in [1.807, 2.05) is 19.1 Å². The first kappa shape index (κ1) is 29.1. The zero-order valence-electron chi connectivity index (χ0n) is 24.6. The number of hydrogen-bond donors (Lipinski definition) is 2. The van der Waals surface area contributed by atoms with Crippen molar-refractivity contribution in [1.82, 2.24) is 10.1 Å². The lowest BCUT2D eigenvalue weighted by Gasteiger charge is -2.41. The van der Waals surface area contributed by atoms with Crippen LogP contribution in [0.1, 0.15) is 73.7 Å². The number of sulfonamides is 1. The van der Waals surface area contributed by atoms with Gasteiger partial charge in [-0.05, 0) is 86.8 Å². The lowest BCUT2D eigenvalue weighted by Crippen LogP contribution is -2.41. The molecule has 2 heterocycles. The number of aryl methyl sites for hydroxylation is 3. The normalized spacial score (nSPS) is 17.3. The molecule has 1 fully saturated rings. The third-order valence-electron chi connectivity index (χ3n) is 8.62. The molecule has 2 N–H and O–H groups in total. The van der Waals surface area contributed by atoms with Gasteiger partial charge in [-0.25, -0.2) is 13.8 Å². The molecule has 1 saturated carbocycles. The Morgan fingerprint density at radius 2 is 1.72 bits per heavy atom. The Morgan fingerprint density at radius 1 is 0.977 bits per heavy atom. The molecule has 9 heteroatoms. The van der Waals surface area contributed by atoms with Crippen molar-refractivity contribution >= 4 is 26.9 Å². The summed E-state index contributed by atoms with van der Waals surface area (Å²) in [5.41, 5.74) is 6.96. The second kappa shape index (κ2) is 12.0. The quantitative estimate of drug-likeness (QED) is 0.254. The van der Waals surface area contributed by atoms with E-state index in [1.54, 1.807) is 42.5 Å². The lowest BCUT2D eigenvalue weighted by atomic mass is 9.79. The molecule has 0 saturated heterocycles. The van der Waals surface area contributed by atoms with E-state index in [0.717, 1.165) is 54.4 Å². The first-order valence-electron chi connectivity index (χ1n) is 15.0. The summed E-state index contributed by atoms with van der Waals surface area (Å²) in [6.45, 7) is 3.94. The minimum absolute atomic E-state index is 0.0708. The Kier molecular flexibility index (Phi) is 8.11. The van der Waals surface area contributed by atoms with Gasteiger partial charge in [-0.3, -0.25) is 4.79 Å². The first-order valence-corrected chi connectivity index (χ1v) is 16.5. The number of amides is 1. The van der Waals surface area contributed by atoms with Crippen LogP contribution in [0.2, 0.25) is 0 Å². The van der Waals surface area contributed by atoms with Crippen molar-refractivity contribution < 1.29 is 22.4 Å². The Hall–Kier alpha value is -3.95. The van der Waals surface area contributed by atoms with E-state index >= 15 is 0 Å². The van der Waals surface area contributed by atoms with Crippen molar-refractivity contribution in [2.24, 2.45) is 5.10 Å². The zero-order chi connectivity index (χ0) is 30.0. The lowest BCUT2D eigenvalue weighted by molar-refractivity contribution is -0.123. The highest BCUT2D eigenvalue weighted by molar-refractivity contribution is 7.89. The fraction of sp³-hybridized carbons (Fsp3) is 0.353. The smallest absolute Gasteiger partial charge is 0.262 e. The highest BCUT2D eigenvalue weighted by Crippen LogP contribution is 2.43. The topological polar surface area (TPSA) is 110 Å². The van der Waals surface area contributed by atoms with Gasteiger partial charge < -0.3 is 9.15 Å². The van der Waals surface area contributed by atoms with Gasteiger partial charge >= 0.3 is 0 Å². The zero-order valence-corrected chi connectivity index (χ0v) is 25.4. The van der Waals surface area contributed by atoms with Crippen LogP contribution in [0.25, 0.3) is 11.0 Å². The maximum absolute atomic E-state index is 13.5. The van der Waals surface area contributed by atoms with Crippen molar-refractivity contribution in [3.8, 4) is 5.75 Å². The second-order valence-electron chi connectivity index (χ2n) is 11.6. The highest BCUT2D eigenvalue weighted by atomic mass is 32.2. The molecule has 1 aliphatic carbocycles. The summed E-state index contributed by atoms with van der Waals surface area (Å²) in [5, 5.41) is 5.28. The van der Waals surface area contributed by atoms with Crippen molar-refractivity contribution in [3.05, 3.63) is 101 Å². The number of rotatable bonds is 7.